The molecule has 0 atom stereocenters. The Labute approximate surface area is 87.7 Å². The lowest BCUT2D eigenvalue weighted by Crippen LogP contribution is -2.33. The molecule has 1 N–H and O–H groups in total. The Kier molecular flexibility index (Phi) is 3.59. The summed E-state index contributed by atoms with van der Waals surface area (Å²) in [6, 6.07) is 0. The van der Waals surface area contributed by atoms with E-state index in [9.17, 15) is 5.11 Å². The van der Waals surface area contributed by atoms with Gasteiger partial charge < -0.3 is 9.84 Å². The summed E-state index contributed by atoms with van der Waals surface area (Å²) in [5, 5.41) is 9.78. The van der Waals surface area contributed by atoms with Crippen LogP contribution in [0.25, 0.3) is 0 Å². The molecule has 1 fully saturated rings. The van der Waals surface area contributed by atoms with E-state index in [0.717, 1.165) is 32.3 Å². The molecule has 1 aliphatic rings. The highest BCUT2D eigenvalue weighted by Crippen LogP contribution is 2.32. The fraction of sp³-hybridized carbons (Fsp3) is 1.00. The maximum Gasteiger partial charge on any atom is 0.0620 e. The summed E-state index contributed by atoms with van der Waals surface area (Å²) in [6.07, 6.45) is 4.04. The first-order chi connectivity index (χ1) is 6.29. The van der Waals surface area contributed by atoms with E-state index in [0.29, 0.717) is 5.92 Å². The van der Waals surface area contributed by atoms with Crippen molar-refractivity contribution in [2.24, 2.45) is 5.92 Å². The van der Waals surface area contributed by atoms with E-state index in [-0.39, 0.29) is 5.60 Å². The van der Waals surface area contributed by atoms with E-state index in [4.69, 9.17) is 4.74 Å². The highest BCUT2D eigenvalue weighted by atomic mass is 16.5. The molecule has 1 aliphatic carbocycles. The minimum atomic E-state index is -0.418. The van der Waals surface area contributed by atoms with Crippen LogP contribution < -0.4 is 0 Å². The van der Waals surface area contributed by atoms with Crippen LogP contribution in [-0.2, 0) is 4.74 Å². The van der Waals surface area contributed by atoms with E-state index in [1.165, 1.54) is 0 Å². The van der Waals surface area contributed by atoms with Crippen molar-refractivity contribution in [2.45, 2.75) is 64.6 Å². The van der Waals surface area contributed by atoms with Gasteiger partial charge in [0.1, 0.15) is 0 Å². The second kappa shape index (κ2) is 4.19. The molecular formula is C12H24O2. The predicted octanol–water partition coefficient (Wildman–Crippen LogP) is 2.74. The minimum absolute atomic E-state index is 0.0278. The fourth-order valence-corrected chi connectivity index (χ4v) is 1.83. The van der Waals surface area contributed by atoms with Crippen molar-refractivity contribution in [1.82, 2.24) is 0 Å². The zero-order valence-electron chi connectivity index (χ0n) is 9.97. The summed E-state index contributed by atoms with van der Waals surface area (Å²) in [4.78, 5) is 0. The summed E-state index contributed by atoms with van der Waals surface area (Å²) in [7, 11) is 0. The first-order valence-electron chi connectivity index (χ1n) is 5.65. The van der Waals surface area contributed by atoms with Gasteiger partial charge in [-0.05, 0) is 59.3 Å². The van der Waals surface area contributed by atoms with Crippen molar-refractivity contribution in [3.05, 3.63) is 0 Å². The SMILES string of the molecule is CC(C)(C)OC[C@H]1CC[C@@](C)(O)CC1. The van der Waals surface area contributed by atoms with Gasteiger partial charge in [0, 0.05) is 0 Å². The molecule has 2 heteroatoms. The Morgan fingerprint density at radius 2 is 1.79 bits per heavy atom. The summed E-state index contributed by atoms with van der Waals surface area (Å²) in [5.74, 6) is 0.648. The Balaban J connectivity index is 2.23. The molecule has 1 saturated carbocycles. The third-order valence-corrected chi connectivity index (χ3v) is 2.93. The Bertz CT molecular complexity index is 169. The Morgan fingerprint density at radius 1 is 1.29 bits per heavy atom. The number of rotatable bonds is 2. The third kappa shape index (κ3) is 4.43. The summed E-state index contributed by atoms with van der Waals surface area (Å²) in [5.41, 5.74) is -0.446. The van der Waals surface area contributed by atoms with E-state index < -0.39 is 5.60 Å². The van der Waals surface area contributed by atoms with Crippen LogP contribution in [0.5, 0.6) is 0 Å². The van der Waals surface area contributed by atoms with Crippen LogP contribution >= 0.6 is 0 Å². The van der Waals surface area contributed by atoms with Crippen molar-refractivity contribution >= 4 is 0 Å². The third-order valence-electron chi connectivity index (χ3n) is 2.93. The molecule has 0 amide bonds. The molecule has 0 aromatic carbocycles. The van der Waals surface area contributed by atoms with Gasteiger partial charge >= 0.3 is 0 Å². The van der Waals surface area contributed by atoms with Gasteiger partial charge in [-0.15, -0.1) is 0 Å². The highest BCUT2D eigenvalue weighted by molar-refractivity contribution is 4.81. The van der Waals surface area contributed by atoms with Crippen LogP contribution in [0.15, 0.2) is 0 Å². The number of aliphatic hydroxyl groups is 1. The van der Waals surface area contributed by atoms with E-state index >= 15 is 0 Å². The van der Waals surface area contributed by atoms with Gasteiger partial charge in [0.25, 0.3) is 0 Å². The van der Waals surface area contributed by atoms with Gasteiger partial charge in [-0.1, -0.05) is 0 Å². The van der Waals surface area contributed by atoms with Gasteiger partial charge in [-0.25, -0.2) is 0 Å². The average Bonchev–Trinajstić information content (AvgIpc) is 2.01. The summed E-state index contributed by atoms with van der Waals surface area (Å²) in [6.45, 7) is 9.05. The fourth-order valence-electron chi connectivity index (χ4n) is 1.83. The lowest BCUT2D eigenvalue weighted by atomic mass is 9.80. The molecule has 0 aromatic rings. The maximum atomic E-state index is 9.78. The monoisotopic (exact) mass is 200 g/mol. The normalized spacial score (nSPS) is 34.5. The van der Waals surface area contributed by atoms with E-state index in [1.54, 1.807) is 0 Å². The molecule has 2 nitrogen and oxygen atoms in total. The zero-order chi connectivity index (χ0) is 10.8. The van der Waals surface area contributed by atoms with Crippen LogP contribution in [0.4, 0.5) is 0 Å². The van der Waals surface area contributed by atoms with Crippen molar-refractivity contribution in [3.63, 3.8) is 0 Å². The van der Waals surface area contributed by atoms with Crippen LogP contribution in [0.2, 0.25) is 0 Å². The lowest BCUT2D eigenvalue weighted by molar-refractivity contribution is -0.0503. The topological polar surface area (TPSA) is 29.5 Å². The van der Waals surface area contributed by atoms with Crippen LogP contribution in [-0.4, -0.2) is 22.9 Å². The molecule has 0 saturated heterocycles. The molecule has 0 aliphatic heterocycles. The molecule has 0 bridgehead atoms. The van der Waals surface area contributed by atoms with Crippen LogP contribution in [0.1, 0.15) is 53.4 Å². The first-order valence-corrected chi connectivity index (χ1v) is 5.65. The average molecular weight is 200 g/mol. The molecule has 0 aromatic heterocycles. The van der Waals surface area contributed by atoms with Crippen LogP contribution in [0, 0.1) is 5.92 Å². The minimum Gasteiger partial charge on any atom is -0.390 e. The molecule has 14 heavy (non-hydrogen) atoms. The molecule has 1 rings (SSSR count). The van der Waals surface area contributed by atoms with Gasteiger partial charge in [0.05, 0.1) is 17.8 Å². The standard InChI is InChI=1S/C12H24O2/c1-11(2,3)14-9-10-5-7-12(4,13)8-6-10/h10,13H,5-9H2,1-4H3/t10-,12+. The number of hydrogen-bond acceptors (Lipinski definition) is 2. The van der Waals surface area contributed by atoms with Crippen molar-refractivity contribution in [3.8, 4) is 0 Å². The molecule has 0 spiro atoms. The summed E-state index contributed by atoms with van der Waals surface area (Å²) >= 11 is 0. The van der Waals surface area contributed by atoms with Gasteiger partial charge in [0.15, 0.2) is 0 Å². The van der Waals surface area contributed by atoms with Gasteiger partial charge in [-0.2, -0.15) is 0 Å². The molecule has 0 heterocycles. The number of hydrogen-bond donors (Lipinski definition) is 1. The smallest absolute Gasteiger partial charge is 0.0620 e. The van der Waals surface area contributed by atoms with Gasteiger partial charge in [0.2, 0.25) is 0 Å². The van der Waals surface area contributed by atoms with Crippen molar-refractivity contribution in [2.75, 3.05) is 6.61 Å². The second-order valence-corrected chi connectivity index (χ2v) is 5.86. The molecular weight excluding hydrogens is 176 g/mol. The number of ether oxygens (including phenoxy) is 1. The lowest BCUT2D eigenvalue weighted by Gasteiger charge is -2.34. The van der Waals surface area contributed by atoms with E-state index in [1.807, 2.05) is 6.92 Å². The van der Waals surface area contributed by atoms with Crippen molar-refractivity contribution in [1.29, 1.82) is 0 Å². The van der Waals surface area contributed by atoms with Crippen molar-refractivity contribution < 1.29 is 9.84 Å². The van der Waals surface area contributed by atoms with Gasteiger partial charge in [-0.3, -0.25) is 0 Å². The predicted molar refractivity (Wildman–Crippen MR) is 58.3 cm³/mol. The quantitative estimate of drug-likeness (QED) is 0.742. The molecule has 84 valence electrons. The second-order valence-electron chi connectivity index (χ2n) is 5.86. The molecule has 0 radical (unpaired) electrons. The summed E-state index contributed by atoms with van der Waals surface area (Å²) < 4.78 is 5.76. The Hall–Kier alpha value is -0.0800. The first kappa shape index (κ1) is 12.0. The molecule has 0 unspecified atom stereocenters. The largest absolute Gasteiger partial charge is 0.390 e. The Morgan fingerprint density at radius 3 is 2.21 bits per heavy atom. The maximum absolute atomic E-state index is 9.78. The zero-order valence-corrected chi connectivity index (χ0v) is 9.97. The highest BCUT2D eigenvalue weighted by Gasteiger charge is 2.29. The van der Waals surface area contributed by atoms with Crippen LogP contribution in [0.3, 0.4) is 0 Å². The van der Waals surface area contributed by atoms with E-state index in [2.05, 4.69) is 20.8 Å².